The van der Waals surface area contributed by atoms with Crippen LogP contribution in [-0.4, -0.2) is 17.7 Å². The van der Waals surface area contributed by atoms with E-state index in [1.165, 1.54) is 4.90 Å². The zero-order valence-corrected chi connectivity index (χ0v) is 18.7. The Morgan fingerprint density at radius 1 is 1.03 bits per heavy atom. The number of hydrogen-bond donors (Lipinski definition) is 1. The Morgan fingerprint density at radius 2 is 1.67 bits per heavy atom. The van der Waals surface area contributed by atoms with Crippen LogP contribution in [0.3, 0.4) is 0 Å². The van der Waals surface area contributed by atoms with Crippen LogP contribution in [0.1, 0.15) is 34.8 Å². The van der Waals surface area contributed by atoms with Crippen molar-refractivity contribution in [1.29, 1.82) is 0 Å². The molecule has 166 valence electrons. The van der Waals surface area contributed by atoms with Crippen LogP contribution >= 0.6 is 0 Å². The summed E-state index contributed by atoms with van der Waals surface area (Å²) in [6, 6.07) is 12.5. The molecule has 2 aromatic rings. The fraction of sp³-hybridized carbons (Fsp3) is 0.250. The lowest BCUT2D eigenvalue weighted by atomic mass is 9.85. The molecular formula is C28H26N2O3. The highest BCUT2D eigenvalue weighted by Crippen LogP contribution is 2.53. The maximum atomic E-state index is 13.0. The van der Waals surface area contributed by atoms with Gasteiger partial charge in [-0.3, -0.25) is 19.3 Å². The molecule has 4 unspecified atom stereocenters. The van der Waals surface area contributed by atoms with E-state index in [1.54, 1.807) is 30.3 Å². The monoisotopic (exact) mass is 438 g/mol. The van der Waals surface area contributed by atoms with E-state index in [9.17, 15) is 14.4 Å². The normalized spacial score (nSPS) is 25.5. The minimum Gasteiger partial charge on any atom is -0.322 e. The predicted molar refractivity (Wildman–Crippen MR) is 130 cm³/mol. The molecule has 1 N–H and O–H groups in total. The first kappa shape index (κ1) is 21.1. The molecule has 3 amide bonds. The number of anilines is 2. The number of allylic oxidation sites excluding steroid dienone is 5. The van der Waals surface area contributed by atoms with Gasteiger partial charge in [-0.1, -0.05) is 43.0 Å². The zero-order valence-electron chi connectivity index (χ0n) is 18.7. The maximum absolute atomic E-state index is 13.0. The van der Waals surface area contributed by atoms with Crippen LogP contribution in [0.2, 0.25) is 0 Å². The SMILES string of the molecule is C=C/C=C(/C)c1cccc(NC(=O)c2ccc(N3C(=O)C4C5C=CC(C5)C4C3=O)cc2)c1C. The van der Waals surface area contributed by atoms with Gasteiger partial charge in [0.1, 0.15) is 0 Å². The summed E-state index contributed by atoms with van der Waals surface area (Å²) >= 11 is 0. The summed E-state index contributed by atoms with van der Waals surface area (Å²) in [4.78, 5) is 40.2. The second-order valence-corrected chi connectivity index (χ2v) is 9.08. The minimum atomic E-state index is -0.245. The van der Waals surface area contributed by atoms with Gasteiger partial charge in [0.05, 0.1) is 17.5 Å². The largest absolute Gasteiger partial charge is 0.322 e. The third kappa shape index (κ3) is 3.35. The molecule has 5 heteroatoms. The fourth-order valence-electron chi connectivity index (χ4n) is 5.58. The zero-order chi connectivity index (χ0) is 23.3. The molecule has 2 bridgehead atoms. The first-order valence-corrected chi connectivity index (χ1v) is 11.3. The Hall–Kier alpha value is -3.73. The van der Waals surface area contributed by atoms with Gasteiger partial charge in [0.15, 0.2) is 0 Å². The minimum absolute atomic E-state index is 0.116. The average molecular weight is 439 g/mol. The number of nitrogens with zero attached hydrogens (tertiary/aromatic N) is 1. The fourth-order valence-corrected chi connectivity index (χ4v) is 5.58. The van der Waals surface area contributed by atoms with Crippen LogP contribution in [-0.2, 0) is 9.59 Å². The lowest BCUT2D eigenvalue weighted by molar-refractivity contribution is -0.123. The third-order valence-electron chi connectivity index (χ3n) is 7.23. The summed E-state index contributed by atoms with van der Waals surface area (Å²) in [5.41, 5.74) is 4.81. The lowest BCUT2D eigenvalue weighted by Crippen LogP contribution is -2.32. The van der Waals surface area contributed by atoms with Crippen molar-refractivity contribution in [3.05, 3.63) is 90.0 Å². The second kappa shape index (κ2) is 8.00. The molecular weight excluding hydrogens is 412 g/mol. The molecule has 0 spiro atoms. The number of rotatable bonds is 5. The molecule has 1 saturated heterocycles. The van der Waals surface area contributed by atoms with E-state index in [0.29, 0.717) is 11.3 Å². The molecule has 2 aromatic carbocycles. The van der Waals surface area contributed by atoms with Crippen molar-refractivity contribution in [3.8, 4) is 0 Å². The van der Waals surface area contributed by atoms with Gasteiger partial charge in [-0.25, -0.2) is 0 Å². The molecule has 1 aliphatic heterocycles. The van der Waals surface area contributed by atoms with E-state index < -0.39 is 0 Å². The molecule has 5 nitrogen and oxygen atoms in total. The van der Waals surface area contributed by atoms with Crippen LogP contribution in [0, 0.1) is 30.6 Å². The number of imide groups is 1. The average Bonchev–Trinajstić information content (AvgIpc) is 3.49. The number of fused-ring (bicyclic) bond motifs is 5. The summed E-state index contributed by atoms with van der Waals surface area (Å²) in [5, 5.41) is 2.97. The van der Waals surface area contributed by atoms with Gasteiger partial charge < -0.3 is 5.32 Å². The van der Waals surface area contributed by atoms with Crippen molar-refractivity contribution in [2.24, 2.45) is 23.7 Å². The maximum Gasteiger partial charge on any atom is 0.255 e. The Labute approximate surface area is 193 Å². The highest BCUT2D eigenvalue weighted by atomic mass is 16.2. The van der Waals surface area contributed by atoms with Gasteiger partial charge in [-0.15, -0.1) is 0 Å². The molecule has 1 saturated carbocycles. The smallest absolute Gasteiger partial charge is 0.255 e. The summed E-state index contributed by atoms with van der Waals surface area (Å²) in [5.74, 6) is -0.589. The number of hydrogen-bond acceptors (Lipinski definition) is 3. The molecule has 5 rings (SSSR count). The Morgan fingerprint density at radius 3 is 2.27 bits per heavy atom. The number of amides is 3. The Balaban J connectivity index is 1.34. The summed E-state index contributed by atoms with van der Waals surface area (Å²) in [6.45, 7) is 7.72. The van der Waals surface area contributed by atoms with Crippen LogP contribution < -0.4 is 10.2 Å². The van der Waals surface area contributed by atoms with Crippen molar-refractivity contribution >= 4 is 34.7 Å². The first-order valence-electron chi connectivity index (χ1n) is 11.3. The predicted octanol–water partition coefficient (Wildman–Crippen LogP) is 5.15. The Kier molecular flexibility index (Phi) is 5.12. The van der Waals surface area contributed by atoms with Crippen molar-refractivity contribution in [3.63, 3.8) is 0 Å². The molecule has 0 radical (unpaired) electrons. The second-order valence-electron chi connectivity index (χ2n) is 9.08. The Bertz CT molecular complexity index is 1210. The van der Waals surface area contributed by atoms with Crippen molar-refractivity contribution < 1.29 is 14.4 Å². The van der Waals surface area contributed by atoms with Crippen molar-refractivity contribution in [2.45, 2.75) is 20.3 Å². The van der Waals surface area contributed by atoms with Crippen molar-refractivity contribution in [1.82, 2.24) is 0 Å². The van der Waals surface area contributed by atoms with Gasteiger partial charge >= 0.3 is 0 Å². The molecule has 0 aromatic heterocycles. The van der Waals surface area contributed by atoms with Gasteiger partial charge in [-0.2, -0.15) is 0 Å². The molecule has 1 heterocycles. The molecule has 3 aliphatic rings. The number of carbonyl (C=O) groups is 3. The molecule has 2 aliphatic carbocycles. The van der Waals surface area contributed by atoms with Gasteiger partial charge in [0.25, 0.3) is 5.91 Å². The lowest BCUT2D eigenvalue weighted by Gasteiger charge is -2.18. The number of benzene rings is 2. The van der Waals surface area contributed by atoms with E-state index in [2.05, 4.69) is 24.0 Å². The summed E-state index contributed by atoms with van der Waals surface area (Å²) < 4.78 is 0. The van der Waals surface area contributed by atoms with Crippen LogP contribution in [0.15, 0.2) is 73.3 Å². The topological polar surface area (TPSA) is 66.5 Å². The number of carbonyl (C=O) groups excluding carboxylic acids is 3. The van der Waals surface area contributed by atoms with E-state index >= 15 is 0 Å². The van der Waals surface area contributed by atoms with Crippen molar-refractivity contribution in [2.75, 3.05) is 10.2 Å². The highest BCUT2D eigenvalue weighted by molar-refractivity contribution is 6.23. The van der Waals surface area contributed by atoms with Gasteiger partial charge in [-0.05, 0) is 79.1 Å². The standard InChI is InChI=1S/C28H26N2O3/c1-4-6-16(2)22-7-5-8-23(17(22)3)29-26(31)18-11-13-21(14-12-18)30-27(32)24-19-9-10-20(15-19)25(24)28(30)33/h4-14,19-20,24-25H,1,15H2,2-3H3,(H,29,31)/b16-6-. The molecule has 4 atom stereocenters. The summed E-state index contributed by atoms with van der Waals surface area (Å²) in [7, 11) is 0. The van der Waals surface area contributed by atoms with Crippen LogP contribution in [0.25, 0.3) is 5.57 Å². The quantitative estimate of drug-likeness (QED) is 0.399. The number of nitrogens with one attached hydrogen (secondary N) is 1. The van der Waals surface area contributed by atoms with Gasteiger partial charge in [0.2, 0.25) is 11.8 Å². The van der Waals surface area contributed by atoms with E-state index in [-0.39, 0.29) is 41.4 Å². The van der Waals surface area contributed by atoms with E-state index in [1.807, 2.05) is 38.1 Å². The van der Waals surface area contributed by atoms with Crippen LogP contribution in [0.4, 0.5) is 11.4 Å². The third-order valence-corrected chi connectivity index (χ3v) is 7.23. The van der Waals surface area contributed by atoms with Crippen LogP contribution in [0.5, 0.6) is 0 Å². The van der Waals surface area contributed by atoms with E-state index in [4.69, 9.17) is 0 Å². The van der Waals surface area contributed by atoms with E-state index in [0.717, 1.165) is 28.8 Å². The molecule has 2 fully saturated rings. The first-order chi connectivity index (χ1) is 15.9. The molecule has 33 heavy (non-hydrogen) atoms. The highest BCUT2D eigenvalue weighted by Gasteiger charge is 2.59. The van der Waals surface area contributed by atoms with Gasteiger partial charge in [0, 0.05) is 11.3 Å². The summed E-state index contributed by atoms with van der Waals surface area (Å²) in [6.07, 6.45) is 8.75.